The molecule has 32 heavy (non-hydrogen) atoms. The summed E-state index contributed by atoms with van der Waals surface area (Å²) in [6, 6.07) is 0. The van der Waals surface area contributed by atoms with Crippen LogP contribution in [0, 0.1) is 22.7 Å². The van der Waals surface area contributed by atoms with Crippen LogP contribution in [0.2, 0.25) is 0 Å². The molecule has 0 radical (unpaired) electrons. The van der Waals surface area contributed by atoms with Crippen molar-refractivity contribution in [2.75, 3.05) is 6.61 Å². The number of ether oxygens (including phenoxy) is 1. The molecule has 0 aromatic carbocycles. The van der Waals surface area contributed by atoms with Gasteiger partial charge in [-0.05, 0) is 68.6 Å². The quantitative estimate of drug-likeness (QED) is 0.220. The van der Waals surface area contributed by atoms with Crippen LogP contribution in [-0.4, -0.2) is 12.6 Å². The van der Waals surface area contributed by atoms with E-state index in [4.69, 9.17) is 4.74 Å². The summed E-state index contributed by atoms with van der Waals surface area (Å²) in [5.74, 6) is 2.10. The molecule has 0 aromatic heterocycles. The molecule has 0 spiro atoms. The van der Waals surface area contributed by atoms with E-state index < -0.39 is 0 Å². The van der Waals surface area contributed by atoms with E-state index in [2.05, 4.69) is 13.8 Å². The zero-order chi connectivity index (χ0) is 22.7. The Hall–Kier alpha value is -0.530. The highest BCUT2D eigenvalue weighted by molar-refractivity contribution is 5.78. The number of hydrogen-bond donors (Lipinski definition) is 0. The number of carbonyl (C=O) groups is 1. The summed E-state index contributed by atoms with van der Waals surface area (Å²) in [5, 5.41) is 0. The Bertz CT molecular complexity index is 519. The van der Waals surface area contributed by atoms with Crippen LogP contribution in [-0.2, 0) is 9.53 Å². The molecule has 0 saturated heterocycles. The van der Waals surface area contributed by atoms with Gasteiger partial charge in [-0.1, -0.05) is 104 Å². The Morgan fingerprint density at radius 1 is 0.688 bits per heavy atom. The van der Waals surface area contributed by atoms with E-state index in [0.717, 1.165) is 37.5 Å². The fourth-order valence-corrected chi connectivity index (χ4v) is 7.91. The summed E-state index contributed by atoms with van der Waals surface area (Å²) in [6.45, 7) is 5.30. The lowest BCUT2D eigenvalue weighted by molar-refractivity contribution is -0.175. The predicted molar refractivity (Wildman–Crippen MR) is 136 cm³/mol. The largest absolute Gasteiger partial charge is 0.465 e. The standard InChI is InChI=1S/C30H54O2/c1-3-5-6-7-8-9-16-25-32-28(31)30(21-14-11-15-22-30)29(4-2)23-19-27(20-24-29)26-17-12-10-13-18-26/h26-27H,3-25H2,1-2H3/t27-,29+. The Morgan fingerprint density at radius 2 is 1.25 bits per heavy atom. The molecule has 0 aromatic rings. The second-order valence-corrected chi connectivity index (χ2v) is 11.8. The van der Waals surface area contributed by atoms with Crippen molar-refractivity contribution in [3.63, 3.8) is 0 Å². The number of esters is 1. The van der Waals surface area contributed by atoms with E-state index in [1.165, 1.54) is 116 Å². The van der Waals surface area contributed by atoms with Crippen molar-refractivity contribution < 1.29 is 9.53 Å². The highest BCUT2D eigenvalue weighted by atomic mass is 16.5. The monoisotopic (exact) mass is 446 g/mol. The molecule has 0 bridgehead atoms. The van der Waals surface area contributed by atoms with Crippen LogP contribution in [0.1, 0.15) is 155 Å². The molecular formula is C30H54O2. The van der Waals surface area contributed by atoms with Crippen LogP contribution in [0.3, 0.4) is 0 Å². The summed E-state index contributed by atoms with van der Waals surface area (Å²) in [6.07, 6.45) is 28.6. The van der Waals surface area contributed by atoms with Crippen LogP contribution in [0.15, 0.2) is 0 Å². The summed E-state index contributed by atoms with van der Waals surface area (Å²) >= 11 is 0. The zero-order valence-electron chi connectivity index (χ0n) is 21.7. The zero-order valence-corrected chi connectivity index (χ0v) is 21.7. The molecule has 3 rings (SSSR count). The van der Waals surface area contributed by atoms with Crippen molar-refractivity contribution in [3.05, 3.63) is 0 Å². The van der Waals surface area contributed by atoms with Gasteiger partial charge in [0.2, 0.25) is 0 Å². The molecule has 3 fully saturated rings. The minimum Gasteiger partial charge on any atom is -0.465 e. The van der Waals surface area contributed by atoms with Gasteiger partial charge in [-0.3, -0.25) is 4.79 Å². The average molecular weight is 447 g/mol. The first-order valence-electron chi connectivity index (χ1n) is 14.8. The van der Waals surface area contributed by atoms with Crippen LogP contribution in [0.5, 0.6) is 0 Å². The molecule has 2 heteroatoms. The van der Waals surface area contributed by atoms with Crippen molar-refractivity contribution in [2.24, 2.45) is 22.7 Å². The van der Waals surface area contributed by atoms with Crippen molar-refractivity contribution in [1.29, 1.82) is 0 Å². The lowest BCUT2D eigenvalue weighted by atomic mass is 9.49. The average Bonchev–Trinajstić information content (AvgIpc) is 2.86. The highest BCUT2D eigenvalue weighted by Gasteiger charge is 2.57. The van der Waals surface area contributed by atoms with Gasteiger partial charge in [0, 0.05) is 0 Å². The van der Waals surface area contributed by atoms with Gasteiger partial charge in [0.15, 0.2) is 0 Å². The maximum atomic E-state index is 13.7. The summed E-state index contributed by atoms with van der Waals surface area (Å²) < 4.78 is 6.10. The second kappa shape index (κ2) is 13.4. The fraction of sp³-hybridized carbons (Fsp3) is 0.967. The Balaban J connectivity index is 1.55. The van der Waals surface area contributed by atoms with Crippen molar-refractivity contribution in [1.82, 2.24) is 0 Å². The molecule has 0 N–H and O–H groups in total. The van der Waals surface area contributed by atoms with E-state index >= 15 is 0 Å². The second-order valence-electron chi connectivity index (χ2n) is 11.8. The Kier molecular flexibility index (Phi) is 10.9. The normalized spacial score (nSPS) is 29.0. The lowest BCUT2D eigenvalue weighted by Gasteiger charge is -2.54. The topological polar surface area (TPSA) is 26.3 Å². The van der Waals surface area contributed by atoms with Gasteiger partial charge >= 0.3 is 5.97 Å². The van der Waals surface area contributed by atoms with Gasteiger partial charge in [-0.15, -0.1) is 0 Å². The molecule has 3 aliphatic rings. The van der Waals surface area contributed by atoms with Crippen LogP contribution < -0.4 is 0 Å². The van der Waals surface area contributed by atoms with Crippen LogP contribution in [0.25, 0.3) is 0 Å². The molecule has 2 nitrogen and oxygen atoms in total. The molecule has 0 aliphatic heterocycles. The molecule has 0 atom stereocenters. The summed E-state index contributed by atoms with van der Waals surface area (Å²) in [4.78, 5) is 13.7. The predicted octanol–water partition coefficient (Wildman–Crippen LogP) is 9.40. The number of carbonyl (C=O) groups excluding carboxylic acids is 1. The van der Waals surface area contributed by atoms with Crippen LogP contribution >= 0.6 is 0 Å². The van der Waals surface area contributed by atoms with Gasteiger partial charge in [-0.2, -0.15) is 0 Å². The van der Waals surface area contributed by atoms with E-state index in [0.29, 0.717) is 6.61 Å². The first-order valence-corrected chi connectivity index (χ1v) is 14.8. The maximum absolute atomic E-state index is 13.7. The third-order valence-corrected chi connectivity index (χ3v) is 10.1. The first-order chi connectivity index (χ1) is 15.7. The first kappa shape index (κ1) is 26.1. The SMILES string of the molecule is CCCCCCCCCOC(=O)C1([C@]2(CC)CC[C@H](C3CCCCC3)CC2)CCCCC1. The molecule has 3 saturated carbocycles. The minimum atomic E-state index is -0.182. The highest BCUT2D eigenvalue weighted by Crippen LogP contribution is 2.60. The van der Waals surface area contributed by atoms with E-state index in [9.17, 15) is 4.79 Å². The molecule has 0 unspecified atom stereocenters. The van der Waals surface area contributed by atoms with Gasteiger partial charge < -0.3 is 4.74 Å². The van der Waals surface area contributed by atoms with Crippen molar-refractivity contribution in [3.8, 4) is 0 Å². The maximum Gasteiger partial charge on any atom is 0.312 e. The molecule has 0 heterocycles. The van der Waals surface area contributed by atoms with Gasteiger partial charge in [0.1, 0.15) is 0 Å². The Morgan fingerprint density at radius 3 is 1.88 bits per heavy atom. The van der Waals surface area contributed by atoms with Crippen molar-refractivity contribution in [2.45, 2.75) is 155 Å². The molecule has 3 aliphatic carbocycles. The summed E-state index contributed by atoms with van der Waals surface area (Å²) in [7, 11) is 0. The third kappa shape index (κ3) is 6.32. The van der Waals surface area contributed by atoms with Crippen molar-refractivity contribution >= 4 is 5.97 Å². The molecule has 0 amide bonds. The smallest absolute Gasteiger partial charge is 0.312 e. The summed E-state index contributed by atoms with van der Waals surface area (Å²) in [5.41, 5.74) is 0.0223. The number of hydrogen-bond acceptors (Lipinski definition) is 2. The Labute approximate surface area is 200 Å². The minimum absolute atomic E-state index is 0.182. The van der Waals surface area contributed by atoms with E-state index in [1.807, 2.05) is 0 Å². The van der Waals surface area contributed by atoms with E-state index in [1.54, 1.807) is 0 Å². The van der Waals surface area contributed by atoms with Crippen LogP contribution in [0.4, 0.5) is 0 Å². The third-order valence-electron chi connectivity index (χ3n) is 10.1. The lowest BCUT2D eigenvalue weighted by Crippen LogP contribution is -2.51. The number of unbranched alkanes of at least 4 members (excludes halogenated alkanes) is 6. The van der Waals surface area contributed by atoms with Gasteiger partial charge in [0.25, 0.3) is 0 Å². The molecule has 186 valence electrons. The van der Waals surface area contributed by atoms with E-state index in [-0.39, 0.29) is 16.8 Å². The van der Waals surface area contributed by atoms with Gasteiger partial charge in [-0.25, -0.2) is 0 Å². The number of rotatable bonds is 12. The fourth-order valence-electron chi connectivity index (χ4n) is 7.91. The molecular weight excluding hydrogens is 392 g/mol. The van der Waals surface area contributed by atoms with Gasteiger partial charge in [0.05, 0.1) is 12.0 Å².